The number of nitriles is 1. The van der Waals surface area contributed by atoms with E-state index in [4.69, 9.17) is 10.00 Å². The molecule has 0 bridgehead atoms. The number of nitrogens with one attached hydrogen (secondary N) is 1. The number of carbonyl (C=O) groups excluding carboxylic acids is 4. The summed E-state index contributed by atoms with van der Waals surface area (Å²) in [5.74, 6) is -2.98. The number of amides is 3. The van der Waals surface area contributed by atoms with E-state index in [9.17, 15) is 19.2 Å². The number of rotatable bonds is 6. The molecule has 1 aliphatic heterocycles. The SMILES string of the molecule is CC(C)[C@@H](C(=O)O[C@H](C)C(=O)Nc1ccc(C#N)cc1)N1C(=O)c2ccccc2C1=O. The summed E-state index contributed by atoms with van der Waals surface area (Å²) in [5, 5.41) is 11.4. The van der Waals surface area contributed by atoms with Crippen LogP contribution in [-0.4, -0.2) is 40.7 Å². The summed E-state index contributed by atoms with van der Waals surface area (Å²) >= 11 is 0. The number of benzene rings is 2. The largest absolute Gasteiger partial charge is 0.451 e. The van der Waals surface area contributed by atoms with E-state index in [0.29, 0.717) is 11.3 Å². The quantitative estimate of drug-likeness (QED) is 0.568. The van der Waals surface area contributed by atoms with Crippen LogP contribution in [0.4, 0.5) is 5.69 Å². The molecule has 0 radical (unpaired) electrons. The van der Waals surface area contributed by atoms with E-state index in [2.05, 4.69) is 5.32 Å². The highest BCUT2D eigenvalue weighted by Crippen LogP contribution is 2.28. The highest BCUT2D eigenvalue weighted by atomic mass is 16.5. The highest BCUT2D eigenvalue weighted by molar-refractivity contribution is 6.22. The van der Waals surface area contributed by atoms with E-state index in [0.717, 1.165) is 4.90 Å². The first-order chi connectivity index (χ1) is 14.7. The van der Waals surface area contributed by atoms with Crippen LogP contribution in [-0.2, 0) is 14.3 Å². The number of imide groups is 1. The molecule has 3 amide bonds. The Balaban J connectivity index is 1.72. The summed E-state index contributed by atoms with van der Waals surface area (Å²) in [5.41, 5.74) is 1.35. The lowest BCUT2D eigenvalue weighted by molar-refractivity contribution is -0.158. The average molecular weight is 419 g/mol. The zero-order valence-corrected chi connectivity index (χ0v) is 17.3. The molecule has 1 aliphatic rings. The van der Waals surface area contributed by atoms with Gasteiger partial charge >= 0.3 is 5.97 Å². The van der Waals surface area contributed by atoms with Crippen LogP contribution in [0.1, 0.15) is 47.1 Å². The third kappa shape index (κ3) is 4.31. The Labute approximate surface area is 179 Å². The molecular weight excluding hydrogens is 398 g/mol. The van der Waals surface area contributed by atoms with Crippen LogP contribution in [0.25, 0.3) is 0 Å². The zero-order valence-electron chi connectivity index (χ0n) is 17.3. The fraction of sp³-hybridized carbons (Fsp3) is 0.261. The van der Waals surface area contributed by atoms with E-state index < -0.39 is 41.8 Å². The second kappa shape index (κ2) is 8.79. The summed E-state index contributed by atoms with van der Waals surface area (Å²) in [4.78, 5) is 51.7. The topological polar surface area (TPSA) is 117 Å². The number of esters is 1. The second-order valence-electron chi connectivity index (χ2n) is 7.47. The molecule has 0 fully saturated rings. The van der Waals surface area contributed by atoms with Crippen molar-refractivity contribution in [2.45, 2.75) is 32.9 Å². The van der Waals surface area contributed by atoms with Gasteiger partial charge in [0.15, 0.2) is 6.10 Å². The molecule has 8 nitrogen and oxygen atoms in total. The molecule has 0 saturated carbocycles. The van der Waals surface area contributed by atoms with Crippen molar-refractivity contribution in [3.05, 3.63) is 65.2 Å². The molecule has 0 spiro atoms. The maximum absolute atomic E-state index is 12.9. The third-order valence-corrected chi connectivity index (χ3v) is 4.92. The van der Waals surface area contributed by atoms with Gasteiger partial charge in [-0.25, -0.2) is 4.79 Å². The van der Waals surface area contributed by atoms with Gasteiger partial charge in [0.2, 0.25) is 0 Å². The summed E-state index contributed by atoms with van der Waals surface area (Å²) in [6, 6.07) is 13.4. The number of fused-ring (bicyclic) bond motifs is 1. The van der Waals surface area contributed by atoms with Gasteiger partial charge in [0.1, 0.15) is 6.04 Å². The summed E-state index contributed by atoms with van der Waals surface area (Å²) in [6.45, 7) is 4.78. The number of hydrogen-bond donors (Lipinski definition) is 1. The second-order valence-corrected chi connectivity index (χ2v) is 7.47. The Bertz CT molecular complexity index is 1050. The van der Waals surface area contributed by atoms with Gasteiger partial charge in [-0.05, 0) is 49.2 Å². The molecule has 31 heavy (non-hydrogen) atoms. The van der Waals surface area contributed by atoms with Crippen LogP contribution in [0.5, 0.6) is 0 Å². The van der Waals surface area contributed by atoms with Crippen LogP contribution in [0.3, 0.4) is 0 Å². The molecule has 0 saturated heterocycles. The number of hydrogen-bond acceptors (Lipinski definition) is 6. The first kappa shape index (κ1) is 21.7. The van der Waals surface area contributed by atoms with Gasteiger partial charge in [0, 0.05) is 5.69 Å². The van der Waals surface area contributed by atoms with Crippen LogP contribution >= 0.6 is 0 Å². The fourth-order valence-electron chi connectivity index (χ4n) is 3.31. The van der Waals surface area contributed by atoms with E-state index in [1.165, 1.54) is 19.1 Å². The fourth-order valence-corrected chi connectivity index (χ4v) is 3.31. The van der Waals surface area contributed by atoms with Gasteiger partial charge in [-0.2, -0.15) is 5.26 Å². The Morgan fingerprint density at radius 2 is 1.52 bits per heavy atom. The van der Waals surface area contributed by atoms with E-state index in [-0.39, 0.29) is 11.1 Å². The Morgan fingerprint density at radius 3 is 2.00 bits per heavy atom. The normalized spacial score (nSPS) is 14.6. The van der Waals surface area contributed by atoms with Crippen molar-refractivity contribution < 1.29 is 23.9 Å². The van der Waals surface area contributed by atoms with Gasteiger partial charge in [0.25, 0.3) is 17.7 Å². The standard InChI is InChI=1S/C23H21N3O5/c1-13(2)19(26-21(28)17-6-4-5-7-18(17)22(26)29)23(30)31-14(3)20(27)25-16-10-8-15(12-24)9-11-16/h4-11,13-14,19H,1-3H3,(H,25,27)/t14-,19+/m1/s1. The van der Waals surface area contributed by atoms with Crippen molar-refractivity contribution >= 4 is 29.4 Å². The van der Waals surface area contributed by atoms with Crippen LogP contribution in [0, 0.1) is 17.2 Å². The molecule has 0 aromatic heterocycles. The van der Waals surface area contributed by atoms with Crippen molar-refractivity contribution in [3.8, 4) is 6.07 Å². The van der Waals surface area contributed by atoms with Crippen molar-refractivity contribution in [2.75, 3.05) is 5.32 Å². The molecule has 2 aromatic rings. The molecule has 1 heterocycles. The van der Waals surface area contributed by atoms with Gasteiger partial charge in [-0.15, -0.1) is 0 Å². The number of ether oxygens (including phenoxy) is 1. The van der Waals surface area contributed by atoms with Crippen molar-refractivity contribution in [3.63, 3.8) is 0 Å². The summed E-state index contributed by atoms with van der Waals surface area (Å²) in [7, 11) is 0. The Morgan fingerprint density at radius 1 is 0.968 bits per heavy atom. The lowest BCUT2D eigenvalue weighted by atomic mass is 10.0. The van der Waals surface area contributed by atoms with Crippen LogP contribution in [0.15, 0.2) is 48.5 Å². The van der Waals surface area contributed by atoms with Gasteiger partial charge in [0.05, 0.1) is 22.8 Å². The van der Waals surface area contributed by atoms with E-state index >= 15 is 0 Å². The minimum absolute atomic E-state index is 0.234. The summed E-state index contributed by atoms with van der Waals surface area (Å²) < 4.78 is 5.31. The number of carbonyl (C=O) groups is 4. The molecule has 2 atom stereocenters. The average Bonchev–Trinajstić information content (AvgIpc) is 2.99. The van der Waals surface area contributed by atoms with Gasteiger partial charge in [-0.1, -0.05) is 26.0 Å². The van der Waals surface area contributed by atoms with Crippen LogP contribution < -0.4 is 5.32 Å². The molecule has 0 unspecified atom stereocenters. The van der Waals surface area contributed by atoms with Crippen molar-refractivity contribution in [1.29, 1.82) is 5.26 Å². The molecule has 158 valence electrons. The van der Waals surface area contributed by atoms with Gasteiger partial charge < -0.3 is 10.1 Å². The monoisotopic (exact) mass is 419 g/mol. The number of nitrogens with zero attached hydrogens (tertiary/aromatic N) is 2. The Hall–Kier alpha value is -3.99. The van der Waals surface area contributed by atoms with Crippen molar-refractivity contribution in [1.82, 2.24) is 4.90 Å². The smallest absolute Gasteiger partial charge is 0.330 e. The Kier molecular flexibility index (Phi) is 6.16. The highest BCUT2D eigenvalue weighted by Gasteiger charge is 2.45. The molecule has 0 aliphatic carbocycles. The lowest BCUT2D eigenvalue weighted by Crippen LogP contribution is -2.50. The maximum atomic E-state index is 12.9. The summed E-state index contributed by atoms with van der Waals surface area (Å²) in [6.07, 6.45) is -1.17. The van der Waals surface area contributed by atoms with E-state index in [1.807, 2.05) is 6.07 Å². The lowest BCUT2D eigenvalue weighted by Gasteiger charge is -2.28. The van der Waals surface area contributed by atoms with Crippen LogP contribution in [0.2, 0.25) is 0 Å². The van der Waals surface area contributed by atoms with Gasteiger partial charge in [-0.3, -0.25) is 19.3 Å². The first-order valence-electron chi connectivity index (χ1n) is 9.73. The first-order valence-corrected chi connectivity index (χ1v) is 9.73. The molecule has 1 N–H and O–H groups in total. The minimum atomic E-state index is -1.17. The molecule has 8 heteroatoms. The predicted molar refractivity (Wildman–Crippen MR) is 111 cm³/mol. The zero-order chi connectivity index (χ0) is 22.7. The predicted octanol–water partition coefficient (Wildman–Crippen LogP) is 2.75. The molecular formula is C23H21N3O5. The van der Waals surface area contributed by atoms with Crippen molar-refractivity contribution in [2.24, 2.45) is 5.92 Å². The molecule has 3 rings (SSSR count). The minimum Gasteiger partial charge on any atom is -0.451 e. The molecule has 2 aromatic carbocycles. The maximum Gasteiger partial charge on any atom is 0.330 e. The third-order valence-electron chi connectivity index (χ3n) is 4.92. The number of anilines is 1. The van der Waals surface area contributed by atoms with E-state index in [1.54, 1.807) is 50.2 Å².